The highest BCUT2D eigenvalue weighted by Gasteiger charge is 2.07. The van der Waals surface area contributed by atoms with Gasteiger partial charge in [-0.15, -0.1) is 0 Å². The second kappa shape index (κ2) is 6.12. The van der Waals surface area contributed by atoms with Crippen LogP contribution >= 0.6 is 15.9 Å². The van der Waals surface area contributed by atoms with Crippen molar-refractivity contribution in [2.45, 2.75) is 13.0 Å². The van der Waals surface area contributed by atoms with Gasteiger partial charge in [0.15, 0.2) is 0 Å². The van der Waals surface area contributed by atoms with Crippen molar-refractivity contribution in [2.24, 2.45) is 0 Å². The van der Waals surface area contributed by atoms with Crippen molar-refractivity contribution >= 4 is 15.9 Å². The Hall–Kier alpha value is -1.46. The van der Waals surface area contributed by atoms with Crippen LogP contribution in [0.2, 0.25) is 0 Å². The van der Waals surface area contributed by atoms with E-state index in [4.69, 9.17) is 4.74 Å². The summed E-state index contributed by atoms with van der Waals surface area (Å²) in [6.45, 7) is 2.02. The normalized spacial score (nSPS) is 12.2. The predicted molar refractivity (Wildman–Crippen MR) is 75.9 cm³/mol. The summed E-state index contributed by atoms with van der Waals surface area (Å²) in [6, 6.07) is 8.17. The first-order valence-electron chi connectivity index (χ1n) is 5.86. The molecule has 0 saturated heterocycles. The lowest BCUT2D eigenvalue weighted by molar-refractivity contribution is 0.470. The monoisotopic (exact) mass is 324 g/mol. The largest absolute Gasteiger partial charge is 0.454 e. The SMILES string of the molecule is CNC(C)c1ccc(Oc2cc(F)ccc2Br)cn1. The topological polar surface area (TPSA) is 34.1 Å². The lowest BCUT2D eigenvalue weighted by Gasteiger charge is -2.11. The van der Waals surface area contributed by atoms with Crippen molar-refractivity contribution in [3.05, 3.63) is 52.5 Å². The molecule has 3 nitrogen and oxygen atoms in total. The molecule has 0 aliphatic heterocycles. The van der Waals surface area contributed by atoms with Crippen LogP contribution in [-0.4, -0.2) is 12.0 Å². The third-order valence-corrected chi connectivity index (χ3v) is 3.41. The van der Waals surface area contributed by atoms with E-state index in [1.54, 1.807) is 12.3 Å². The molecule has 0 spiro atoms. The summed E-state index contributed by atoms with van der Waals surface area (Å²) in [5, 5.41) is 3.11. The zero-order valence-electron chi connectivity index (χ0n) is 10.7. The van der Waals surface area contributed by atoms with E-state index in [0.29, 0.717) is 16.0 Å². The number of hydrogen-bond acceptors (Lipinski definition) is 3. The molecule has 2 aromatic rings. The molecule has 0 radical (unpaired) electrons. The Morgan fingerprint density at radius 1 is 1.32 bits per heavy atom. The molecule has 2 rings (SSSR count). The maximum absolute atomic E-state index is 13.1. The number of hydrogen-bond donors (Lipinski definition) is 1. The molecule has 1 heterocycles. The molecule has 0 aliphatic carbocycles. The average Bonchev–Trinajstić information content (AvgIpc) is 2.43. The highest BCUT2D eigenvalue weighted by Crippen LogP contribution is 2.30. The van der Waals surface area contributed by atoms with E-state index in [1.807, 2.05) is 26.1 Å². The fourth-order valence-corrected chi connectivity index (χ4v) is 1.87. The Labute approximate surface area is 119 Å². The number of aromatic nitrogens is 1. The molecular formula is C14H14BrFN2O. The van der Waals surface area contributed by atoms with Gasteiger partial charge < -0.3 is 10.1 Å². The molecule has 19 heavy (non-hydrogen) atoms. The molecule has 0 bridgehead atoms. The van der Waals surface area contributed by atoms with Gasteiger partial charge in [-0.05, 0) is 54.2 Å². The highest BCUT2D eigenvalue weighted by molar-refractivity contribution is 9.10. The van der Waals surface area contributed by atoms with Crippen molar-refractivity contribution in [1.29, 1.82) is 0 Å². The van der Waals surface area contributed by atoms with E-state index in [2.05, 4.69) is 26.2 Å². The van der Waals surface area contributed by atoms with Crippen molar-refractivity contribution in [2.75, 3.05) is 7.05 Å². The number of benzene rings is 1. The van der Waals surface area contributed by atoms with E-state index in [-0.39, 0.29) is 11.9 Å². The Morgan fingerprint density at radius 3 is 2.74 bits per heavy atom. The van der Waals surface area contributed by atoms with Gasteiger partial charge in [0.2, 0.25) is 0 Å². The fraction of sp³-hybridized carbons (Fsp3) is 0.214. The van der Waals surface area contributed by atoms with Crippen LogP contribution in [0.5, 0.6) is 11.5 Å². The quantitative estimate of drug-likeness (QED) is 0.921. The molecule has 1 unspecified atom stereocenters. The summed E-state index contributed by atoms with van der Waals surface area (Å²) in [7, 11) is 1.88. The number of halogens is 2. The van der Waals surface area contributed by atoms with Gasteiger partial charge in [0.05, 0.1) is 16.4 Å². The first-order chi connectivity index (χ1) is 9.10. The minimum Gasteiger partial charge on any atom is -0.454 e. The number of rotatable bonds is 4. The van der Waals surface area contributed by atoms with Gasteiger partial charge in [-0.1, -0.05) is 0 Å². The van der Waals surface area contributed by atoms with Crippen LogP contribution in [0.4, 0.5) is 4.39 Å². The smallest absolute Gasteiger partial charge is 0.145 e. The summed E-state index contributed by atoms with van der Waals surface area (Å²) in [4.78, 5) is 4.30. The van der Waals surface area contributed by atoms with Crippen LogP contribution in [-0.2, 0) is 0 Å². The molecule has 1 aromatic heterocycles. The number of nitrogens with zero attached hydrogens (tertiary/aromatic N) is 1. The highest BCUT2D eigenvalue weighted by atomic mass is 79.9. The Morgan fingerprint density at radius 2 is 2.11 bits per heavy atom. The first-order valence-corrected chi connectivity index (χ1v) is 6.65. The minimum atomic E-state index is -0.341. The Bertz CT molecular complexity index is 560. The van der Waals surface area contributed by atoms with E-state index in [1.165, 1.54) is 12.1 Å². The Kier molecular flexibility index (Phi) is 4.50. The minimum absolute atomic E-state index is 0.176. The van der Waals surface area contributed by atoms with E-state index >= 15 is 0 Å². The number of pyridine rings is 1. The second-order valence-corrected chi connectivity index (χ2v) is 4.96. The predicted octanol–water partition coefficient (Wildman–Crippen LogP) is 4.06. The maximum Gasteiger partial charge on any atom is 0.145 e. The van der Waals surface area contributed by atoms with Gasteiger partial charge in [0.25, 0.3) is 0 Å². The van der Waals surface area contributed by atoms with Crippen LogP contribution in [0, 0.1) is 5.82 Å². The summed E-state index contributed by atoms with van der Waals surface area (Å²) in [6.07, 6.45) is 1.63. The average molecular weight is 325 g/mol. The number of ether oxygens (including phenoxy) is 1. The van der Waals surface area contributed by atoms with Crippen LogP contribution in [0.25, 0.3) is 0 Å². The third-order valence-electron chi connectivity index (χ3n) is 2.76. The summed E-state index contributed by atoms with van der Waals surface area (Å²) < 4.78 is 19.4. The van der Waals surface area contributed by atoms with Crippen LogP contribution < -0.4 is 10.1 Å². The first kappa shape index (κ1) is 14.0. The molecule has 0 fully saturated rings. The molecule has 0 aliphatic rings. The summed E-state index contributed by atoms with van der Waals surface area (Å²) >= 11 is 3.31. The molecule has 100 valence electrons. The van der Waals surface area contributed by atoms with Crippen molar-refractivity contribution < 1.29 is 9.13 Å². The lowest BCUT2D eigenvalue weighted by atomic mass is 10.2. The van der Waals surface area contributed by atoms with Gasteiger partial charge in [-0.25, -0.2) is 4.39 Å². The summed E-state index contributed by atoms with van der Waals surface area (Å²) in [5.74, 6) is 0.654. The molecule has 1 N–H and O–H groups in total. The zero-order valence-corrected chi connectivity index (χ0v) is 12.2. The zero-order chi connectivity index (χ0) is 13.8. The van der Waals surface area contributed by atoms with Gasteiger partial charge >= 0.3 is 0 Å². The molecule has 0 saturated carbocycles. The Balaban J connectivity index is 2.17. The van der Waals surface area contributed by atoms with Crippen LogP contribution in [0.15, 0.2) is 41.0 Å². The number of nitrogens with one attached hydrogen (secondary N) is 1. The lowest BCUT2D eigenvalue weighted by Crippen LogP contribution is -2.13. The van der Waals surface area contributed by atoms with E-state index in [9.17, 15) is 4.39 Å². The summed E-state index contributed by atoms with van der Waals surface area (Å²) in [5.41, 5.74) is 0.924. The maximum atomic E-state index is 13.1. The van der Waals surface area contributed by atoms with E-state index in [0.717, 1.165) is 5.69 Å². The molecule has 5 heteroatoms. The van der Waals surface area contributed by atoms with Crippen molar-refractivity contribution in [3.8, 4) is 11.5 Å². The fourth-order valence-electron chi connectivity index (χ4n) is 1.54. The van der Waals surface area contributed by atoms with Crippen molar-refractivity contribution in [3.63, 3.8) is 0 Å². The second-order valence-electron chi connectivity index (χ2n) is 4.11. The van der Waals surface area contributed by atoms with Gasteiger partial charge in [0, 0.05) is 12.1 Å². The molecule has 1 aromatic carbocycles. The molecule has 1 atom stereocenters. The van der Waals surface area contributed by atoms with Gasteiger partial charge in [0.1, 0.15) is 17.3 Å². The standard InChI is InChI=1S/C14H14BrFN2O/c1-9(17-2)13-6-4-11(8-18-13)19-14-7-10(16)3-5-12(14)15/h3-9,17H,1-2H3. The van der Waals surface area contributed by atoms with Gasteiger partial charge in [-0.3, -0.25) is 4.98 Å². The van der Waals surface area contributed by atoms with Gasteiger partial charge in [-0.2, -0.15) is 0 Å². The van der Waals surface area contributed by atoms with Crippen LogP contribution in [0.1, 0.15) is 18.7 Å². The van der Waals surface area contributed by atoms with Crippen LogP contribution in [0.3, 0.4) is 0 Å². The third kappa shape index (κ3) is 3.52. The van der Waals surface area contributed by atoms with Crippen molar-refractivity contribution in [1.82, 2.24) is 10.3 Å². The molecule has 0 amide bonds. The van der Waals surface area contributed by atoms with E-state index < -0.39 is 0 Å². The molecular weight excluding hydrogens is 311 g/mol.